The highest BCUT2D eigenvalue weighted by atomic mass is 32.2. The number of anilines is 2. The van der Waals surface area contributed by atoms with Crippen LogP contribution in [0, 0.1) is 12.7 Å². The Balaban J connectivity index is 1.53. The number of aryl methyl sites for hydroxylation is 1. The van der Waals surface area contributed by atoms with Crippen LogP contribution in [0.5, 0.6) is 0 Å². The zero-order valence-electron chi connectivity index (χ0n) is 21.4. The maximum atomic E-state index is 15.1. The molecule has 0 saturated carbocycles. The number of urea groups is 1. The fourth-order valence-electron chi connectivity index (χ4n) is 4.49. The molecule has 38 heavy (non-hydrogen) atoms. The van der Waals surface area contributed by atoms with Crippen LogP contribution < -0.4 is 10.6 Å². The lowest BCUT2D eigenvalue weighted by molar-refractivity contribution is -0.119. The predicted octanol–water partition coefficient (Wildman–Crippen LogP) is 4.85. The molecule has 2 N–H and O–H groups in total. The SMILES string of the molecule is CCO[C@@H]1C[C@H](C(=O)Nc2ccc(-c3ccccc3S(C)(=O)=O)cc2F)N(C(=O)Nc2ccc(C)cc2)C1. The van der Waals surface area contributed by atoms with Crippen LogP contribution in [-0.4, -0.2) is 56.8 Å². The average molecular weight is 540 g/mol. The highest BCUT2D eigenvalue weighted by Gasteiger charge is 2.40. The summed E-state index contributed by atoms with van der Waals surface area (Å²) in [6, 6.07) is 16.4. The van der Waals surface area contributed by atoms with Gasteiger partial charge in [-0.15, -0.1) is 0 Å². The molecule has 0 unspecified atom stereocenters. The minimum Gasteiger partial charge on any atom is -0.377 e. The molecule has 4 rings (SSSR count). The molecule has 3 aromatic carbocycles. The minimum atomic E-state index is -3.53. The van der Waals surface area contributed by atoms with E-state index in [1.807, 2.05) is 26.0 Å². The van der Waals surface area contributed by atoms with Crippen molar-refractivity contribution in [2.75, 3.05) is 30.0 Å². The van der Waals surface area contributed by atoms with E-state index >= 15 is 4.39 Å². The number of amides is 3. The number of benzene rings is 3. The van der Waals surface area contributed by atoms with Crippen molar-refractivity contribution >= 4 is 33.2 Å². The normalized spacial score (nSPS) is 17.3. The Morgan fingerprint density at radius 2 is 1.76 bits per heavy atom. The van der Waals surface area contributed by atoms with E-state index in [2.05, 4.69) is 10.6 Å². The van der Waals surface area contributed by atoms with Gasteiger partial charge in [-0.05, 0) is 49.7 Å². The third kappa shape index (κ3) is 6.20. The smallest absolute Gasteiger partial charge is 0.322 e. The molecule has 10 heteroatoms. The van der Waals surface area contributed by atoms with Crippen molar-refractivity contribution < 1.29 is 27.1 Å². The van der Waals surface area contributed by atoms with Crippen molar-refractivity contribution in [3.63, 3.8) is 0 Å². The molecule has 1 aliphatic heterocycles. The number of hydrogen-bond donors (Lipinski definition) is 2. The summed E-state index contributed by atoms with van der Waals surface area (Å²) in [5.74, 6) is -1.27. The summed E-state index contributed by atoms with van der Waals surface area (Å²) in [5, 5.41) is 5.39. The first-order valence-corrected chi connectivity index (χ1v) is 14.1. The van der Waals surface area contributed by atoms with Crippen LogP contribution in [0.1, 0.15) is 18.9 Å². The highest BCUT2D eigenvalue weighted by molar-refractivity contribution is 7.90. The largest absolute Gasteiger partial charge is 0.377 e. The van der Waals surface area contributed by atoms with Crippen LogP contribution in [0.15, 0.2) is 71.6 Å². The van der Waals surface area contributed by atoms with Crippen molar-refractivity contribution in [3.8, 4) is 11.1 Å². The Kier molecular flexibility index (Phi) is 8.13. The molecule has 0 bridgehead atoms. The number of halogens is 1. The second kappa shape index (κ2) is 11.3. The van der Waals surface area contributed by atoms with Gasteiger partial charge in [-0.3, -0.25) is 4.79 Å². The number of hydrogen-bond acceptors (Lipinski definition) is 5. The predicted molar refractivity (Wildman–Crippen MR) is 144 cm³/mol. The van der Waals surface area contributed by atoms with Crippen molar-refractivity contribution in [2.45, 2.75) is 37.3 Å². The number of ether oxygens (including phenoxy) is 1. The highest BCUT2D eigenvalue weighted by Crippen LogP contribution is 2.30. The molecule has 1 saturated heterocycles. The van der Waals surface area contributed by atoms with Crippen LogP contribution in [0.2, 0.25) is 0 Å². The van der Waals surface area contributed by atoms with E-state index in [-0.39, 0.29) is 29.7 Å². The number of sulfone groups is 1. The summed E-state index contributed by atoms with van der Waals surface area (Å²) in [6.45, 7) is 4.42. The van der Waals surface area contributed by atoms with Gasteiger partial charge in [-0.2, -0.15) is 0 Å². The molecule has 200 valence electrons. The van der Waals surface area contributed by atoms with Gasteiger partial charge in [-0.25, -0.2) is 17.6 Å². The van der Waals surface area contributed by atoms with E-state index in [1.54, 1.807) is 36.4 Å². The lowest BCUT2D eigenvalue weighted by Crippen LogP contribution is -2.45. The second-order valence-corrected chi connectivity index (χ2v) is 11.2. The molecule has 1 aliphatic rings. The number of nitrogens with zero attached hydrogens (tertiary/aromatic N) is 1. The Labute approximate surface area is 221 Å². The third-order valence-electron chi connectivity index (χ3n) is 6.36. The maximum Gasteiger partial charge on any atom is 0.322 e. The van der Waals surface area contributed by atoms with Crippen LogP contribution in [0.25, 0.3) is 11.1 Å². The van der Waals surface area contributed by atoms with Gasteiger partial charge >= 0.3 is 6.03 Å². The zero-order valence-corrected chi connectivity index (χ0v) is 22.2. The number of carbonyl (C=O) groups excluding carboxylic acids is 2. The van der Waals surface area contributed by atoms with Crippen molar-refractivity contribution in [1.29, 1.82) is 0 Å². The lowest BCUT2D eigenvalue weighted by atomic mass is 10.0. The van der Waals surface area contributed by atoms with Crippen LogP contribution in [-0.2, 0) is 19.4 Å². The fourth-order valence-corrected chi connectivity index (χ4v) is 5.40. The first-order chi connectivity index (χ1) is 18.1. The van der Waals surface area contributed by atoms with Crippen LogP contribution >= 0.6 is 0 Å². The summed E-state index contributed by atoms with van der Waals surface area (Å²) in [5.41, 5.74) is 2.29. The first-order valence-electron chi connectivity index (χ1n) is 12.2. The molecule has 0 aromatic heterocycles. The molecular weight excluding hydrogens is 509 g/mol. The van der Waals surface area contributed by atoms with E-state index in [0.717, 1.165) is 11.8 Å². The average Bonchev–Trinajstić information content (AvgIpc) is 3.31. The first kappa shape index (κ1) is 27.3. The van der Waals surface area contributed by atoms with E-state index in [1.165, 1.54) is 23.1 Å². The molecule has 0 radical (unpaired) electrons. The van der Waals surface area contributed by atoms with Gasteiger partial charge in [0.25, 0.3) is 0 Å². The molecule has 1 heterocycles. The molecule has 0 aliphatic carbocycles. The minimum absolute atomic E-state index is 0.0747. The number of nitrogens with one attached hydrogen (secondary N) is 2. The Morgan fingerprint density at radius 3 is 2.42 bits per heavy atom. The van der Waals surface area contributed by atoms with Crippen LogP contribution in [0.3, 0.4) is 0 Å². The van der Waals surface area contributed by atoms with Gasteiger partial charge in [0.1, 0.15) is 11.9 Å². The molecule has 3 aromatic rings. The van der Waals surface area contributed by atoms with Crippen molar-refractivity contribution in [3.05, 3.63) is 78.1 Å². The summed E-state index contributed by atoms with van der Waals surface area (Å²) in [6.07, 6.45) is 1.02. The maximum absolute atomic E-state index is 15.1. The lowest BCUT2D eigenvalue weighted by Gasteiger charge is -2.24. The molecule has 8 nitrogen and oxygen atoms in total. The second-order valence-electron chi connectivity index (χ2n) is 9.23. The summed E-state index contributed by atoms with van der Waals surface area (Å²) in [7, 11) is -3.53. The number of carbonyl (C=O) groups is 2. The molecule has 1 fully saturated rings. The number of rotatable bonds is 7. The van der Waals surface area contributed by atoms with Gasteiger partial charge < -0.3 is 20.3 Å². The monoisotopic (exact) mass is 539 g/mol. The van der Waals surface area contributed by atoms with E-state index in [4.69, 9.17) is 4.74 Å². The Bertz CT molecular complexity index is 1440. The van der Waals surface area contributed by atoms with Gasteiger partial charge in [-0.1, -0.05) is 42.0 Å². The fraction of sp³-hybridized carbons (Fsp3) is 0.286. The number of likely N-dealkylation sites (tertiary alicyclic amines) is 1. The zero-order chi connectivity index (χ0) is 27.4. The van der Waals surface area contributed by atoms with Gasteiger partial charge in [0.2, 0.25) is 5.91 Å². The van der Waals surface area contributed by atoms with Gasteiger partial charge in [0.15, 0.2) is 9.84 Å². The Morgan fingerprint density at radius 1 is 1.05 bits per heavy atom. The summed E-state index contributed by atoms with van der Waals surface area (Å²) >= 11 is 0. The Hall–Kier alpha value is -3.76. The third-order valence-corrected chi connectivity index (χ3v) is 7.51. The van der Waals surface area contributed by atoms with E-state index in [9.17, 15) is 18.0 Å². The summed E-state index contributed by atoms with van der Waals surface area (Å²) in [4.78, 5) is 27.8. The van der Waals surface area contributed by atoms with E-state index in [0.29, 0.717) is 23.4 Å². The summed E-state index contributed by atoms with van der Waals surface area (Å²) < 4.78 is 45.1. The molecular formula is C28H30FN3O5S. The van der Waals surface area contributed by atoms with Gasteiger partial charge in [0, 0.05) is 37.1 Å². The molecule has 3 amide bonds. The molecule has 2 atom stereocenters. The van der Waals surface area contributed by atoms with E-state index < -0.39 is 33.6 Å². The standard InChI is InChI=1S/C28H30FN3O5S/c1-4-37-21-16-25(32(17-21)28(34)30-20-12-9-18(2)10-13-20)27(33)31-24-14-11-19(15-23(24)29)22-7-5-6-8-26(22)38(3,35)36/h5-15,21,25H,4,16-17H2,1-3H3,(H,30,34)(H,31,33)/t21-,25-/m1/s1. The van der Waals surface area contributed by atoms with Gasteiger partial charge in [0.05, 0.1) is 16.7 Å². The van der Waals surface area contributed by atoms with Crippen molar-refractivity contribution in [2.24, 2.45) is 0 Å². The topological polar surface area (TPSA) is 105 Å². The van der Waals surface area contributed by atoms with Crippen LogP contribution in [0.4, 0.5) is 20.6 Å². The van der Waals surface area contributed by atoms with Crippen molar-refractivity contribution in [1.82, 2.24) is 4.90 Å². The molecule has 0 spiro atoms. The quantitative estimate of drug-likeness (QED) is 0.447.